The third-order valence-electron chi connectivity index (χ3n) is 3.67. The van der Waals surface area contributed by atoms with Crippen molar-refractivity contribution in [3.05, 3.63) is 42.5 Å². The van der Waals surface area contributed by atoms with Gasteiger partial charge in [-0.3, -0.25) is 9.69 Å². The van der Waals surface area contributed by atoms with Gasteiger partial charge in [-0.1, -0.05) is 24.1 Å². The fraction of sp³-hybridized carbons (Fsp3) is 0.429. The molecule has 0 heterocycles. The number of phenols is 1. The molecule has 1 rings (SSSR count). The molecule has 0 radical (unpaired) electrons. The fourth-order valence-corrected chi connectivity index (χ4v) is 2.45. The van der Waals surface area contributed by atoms with Gasteiger partial charge in [0.15, 0.2) is 0 Å². The summed E-state index contributed by atoms with van der Waals surface area (Å²) >= 11 is 0. The molecule has 0 aliphatic heterocycles. The zero-order valence-electron chi connectivity index (χ0n) is 15.9. The van der Waals surface area contributed by atoms with E-state index in [4.69, 9.17) is 9.47 Å². The van der Waals surface area contributed by atoms with E-state index < -0.39 is 5.97 Å². The van der Waals surface area contributed by atoms with Crippen LogP contribution in [0.4, 0.5) is 0 Å². The molecule has 1 aromatic carbocycles. The summed E-state index contributed by atoms with van der Waals surface area (Å²) in [6.45, 7) is 8.87. The minimum absolute atomic E-state index is 0.190. The van der Waals surface area contributed by atoms with Crippen molar-refractivity contribution >= 4 is 11.9 Å². The fourth-order valence-electron chi connectivity index (χ4n) is 2.45. The predicted octanol–water partition coefficient (Wildman–Crippen LogP) is 2.66. The first-order valence-electron chi connectivity index (χ1n) is 8.96. The number of carbonyl (C=O) groups is 2. The van der Waals surface area contributed by atoms with E-state index in [-0.39, 0.29) is 30.8 Å². The van der Waals surface area contributed by atoms with Gasteiger partial charge < -0.3 is 14.6 Å². The molecule has 1 aromatic rings. The maximum absolute atomic E-state index is 11.7. The predicted molar refractivity (Wildman–Crippen MR) is 103 cm³/mol. The number of nitrogens with zero attached hydrogens (tertiary/aromatic N) is 1. The number of hydrogen-bond donors (Lipinski definition) is 1. The van der Waals surface area contributed by atoms with Gasteiger partial charge in [0.25, 0.3) is 0 Å². The first-order chi connectivity index (χ1) is 13.0. The number of phenolic OH excluding ortho intramolecular Hbond substituents is 1. The van der Waals surface area contributed by atoms with Crippen LogP contribution in [0.2, 0.25) is 0 Å². The second kappa shape index (κ2) is 12.6. The molecule has 146 valence electrons. The topological polar surface area (TPSA) is 76.1 Å². The van der Waals surface area contributed by atoms with Gasteiger partial charge in [0.05, 0.1) is 19.3 Å². The van der Waals surface area contributed by atoms with E-state index in [0.29, 0.717) is 26.1 Å². The highest BCUT2D eigenvalue weighted by atomic mass is 16.5. The van der Waals surface area contributed by atoms with Gasteiger partial charge in [-0.2, -0.15) is 0 Å². The van der Waals surface area contributed by atoms with E-state index in [1.165, 1.54) is 0 Å². The molecule has 27 heavy (non-hydrogen) atoms. The molecule has 6 nitrogen and oxygen atoms in total. The monoisotopic (exact) mass is 373 g/mol. The van der Waals surface area contributed by atoms with Crippen LogP contribution in [0, 0.1) is 11.8 Å². The highest BCUT2D eigenvalue weighted by Crippen LogP contribution is 2.15. The molecule has 0 aromatic heterocycles. The van der Waals surface area contributed by atoms with Crippen molar-refractivity contribution in [1.82, 2.24) is 4.90 Å². The Bertz CT molecular complexity index is 672. The van der Waals surface area contributed by atoms with Crippen LogP contribution in [-0.2, 0) is 25.6 Å². The van der Waals surface area contributed by atoms with Crippen molar-refractivity contribution in [2.75, 3.05) is 19.8 Å². The molecule has 0 spiro atoms. The molecule has 1 N–H and O–H groups in total. The van der Waals surface area contributed by atoms with Crippen molar-refractivity contribution < 1.29 is 24.2 Å². The first-order valence-corrected chi connectivity index (χ1v) is 8.96. The summed E-state index contributed by atoms with van der Waals surface area (Å²) in [6, 6.07) is 6.49. The Morgan fingerprint density at radius 3 is 2.48 bits per heavy atom. The molecule has 0 fully saturated rings. The Balaban J connectivity index is 2.96. The summed E-state index contributed by atoms with van der Waals surface area (Å²) in [5.74, 6) is 4.70. The minimum atomic E-state index is -0.596. The Kier molecular flexibility index (Phi) is 10.4. The maximum atomic E-state index is 11.7. The number of ether oxygens (including phenoxy) is 2. The number of benzene rings is 1. The molecule has 1 atom stereocenters. The smallest absolute Gasteiger partial charge is 0.384 e. The molecule has 0 bridgehead atoms. The summed E-state index contributed by atoms with van der Waals surface area (Å²) in [6.07, 6.45) is 2.35. The van der Waals surface area contributed by atoms with Crippen molar-refractivity contribution in [1.29, 1.82) is 0 Å². The molecule has 0 amide bonds. The lowest BCUT2D eigenvalue weighted by molar-refractivity contribution is -0.143. The van der Waals surface area contributed by atoms with E-state index in [1.807, 2.05) is 17.0 Å². The minimum Gasteiger partial charge on any atom is -0.508 e. The highest BCUT2D eigenvalue weighted by molar-refractivity contribution is 5.88. The van der Waals surface area contributed by atoms with E-state index in [1.54, 1.807) is 32.1 Å². The van der Waals surface area contributed by atoms with Gasteiger partial charge in [0, 0.05) is 25.4 Å². The van der Waals surface area contributed by atoms with Crippen LogP contribution < -0.4 is 0 Å². The Morgan fingerprint density at radius 2 is 1.89 bits per heavy atom. The molecule has 0 saturated carbocycles. The third kappa shape index (κ3) is 8.93. The lowest BCUT2D eigenvalue weighted by Crippen LogP contribution is -2.34. The van der Waals surface area contributed by atoms with E-state index in [9.17, 15) is 14.7 Å². The van der Waals surface area contributed by atoms with Gasteiger partial charge >= 0.3 is 11.9 Å². The molecule has 6 heteroatoms. The molecular weight excluding hydrogens is 346 g/mol. The number of rotatable bonds is 10. The highest BCUT2D eigenvalue weighted by Gasteiger charge is 2.18. The van der Waals surface area contributed by atoms with Gasteiger partial charge in [-0.05, 0) is 38.0 Å². The second-order valence-electron chi connectivity index (χ2n) is 5.73. The van der Waals surface area contributed by atoms with Gasteiger partial charge in [0.1, 0.15) is 5.75 Å². The van der Waals surface area contributed by atoms with Gasteiger partial charge in [-0.15, -0.1) is 6.58 Å². The van der Waals surface area contributed by atoms with Crippen LogP contribution in [0.1, 0.15) is 32.3 Å². The van der Waals surface area contributed by atoms with Crippen LogP contribution in [0.15, 0.2) is 36.9 Å². The zero-order chi connectivity index (χ0) is 20.1. The Morgan fingerprint density at radius 1 is 1.22 bits per heavy atom. The van der Waals surface area contributed by atoms with Crippen molar-refractivity contribution in [2.45, 2.75) is 39.3 Å². The number of carbonyl (C=O) groups excluding carboxylic acids is 2. The third-order valence-corrected chi connectivity index (χ3v) is 3.67. The molecular formula is C21H27NO5. The van der Waals surface area contributed by atoms with Crippen molar-refractivity contribution in [2.24, 2.45) is 0 Å². The zero-order valence-corrected chi connectivity index (χ0v) is 15.9. The van der Waals surface area contributed by atoms with Crippen LogP contribution in [-0.4, -0.2) is 47.7 Å². The van der Waals surface area contributed by atoms with Crippen LogP contribution in [0.3, 0.4) is 0 Å². The van der Waals surface area contributed by atoms with Gasteiger partial charge in [0.2, 0.25) is 0 Å². The molecule has 0 saturated heterocycles. The number of esters is 2. The average molecular weight is 373 g/mol. The van der Waals surface area contributed by atoms with Crippen molar-refractivity contribution in [3.63, 3.8) is 0 Å². The number of hydrogen-bond acceptors (Lipinski definition) is 6. The maximum Gasteiger partial charge on any atom is 0.384 e. The first kappa shape index (κ1) is 22.3. The quantitative estimate of drug-likeness (QED) is 0.294. The molecule has 0 aliphatic rings. The van der Waals surface area contributed by atoms with Crippen LogP contribution >= 0.6 is 0 Å². The summed E-state index contributed by atoms with van der Waals surface area (Å²) in [7, 11) is 0. The van der Waals surface area contributed by atoms with E-state index >= 15 is 0 Å². The van der Waals surface area contributed by atoms with E-state index in [2.05, 4.69) is 18.4 Å². The number of aromatic hydroxyl groups is 1. The van der Waals surface area contributed by atoms with Gasteiger partial charge in [-0.25, -0.2) is 4.79 Å². The average Bonchev–Trinajstić information content (AvgIpc) is 2.64. The second-order valence-corrected chi connectivity index (χ2v) is 5.73. The summed E-state index contributed by atoms with van der Waals surface area (Å²) < 4.78 is 9.84. The standard InChI is InChI=1S/C21H27NO5/c1-4-15-22(16-17-7-11-19(23)12-8-17)18(9-13-20(24)26-5-2)10-14-21(25)27-6-3/h4,7-8,11-12,18,23H,1,5-6,9,13,15-16H2,2-3H3. The van der Waals surface area contributed by atoms with Crippen molar-refractivity contribution in [3.8, 4) is 17.6 Å². The normalized spacial score (nSPS) is 11.2. The lowest BCUT2D eigenvalue weighted by Gasteiger charge is -2.27. The molecule has 1 unspecified atom stereocenters. The SMILES string of the molecule is C=CCN(Cc1ccc(O)cc1)C(C#CC(=O)OCC)CCC(=O)OCC. The molecule has 0 aliphatic carbocycles. The lowest BCUT2D eigenvalue weighted by atomic mass is 10.1. The Labute approximate surface area is 160 Å². The summed E-state index contributed by atoms with van der Waals surface area (Å²) in [5, 5.41) is 9.44. The summed E-state index contributed by atoms with van der Waals surface area (Å²) in [5.41, 5.74) is 0.966. The van der Waals surface area contributed by atoms with Crippen LogP contribution in [0.25, 0.3) is 0 Å². The summed E-state index contributed by atoms with van der Waals surface area (Å²) in [4.78, 5) is 25.4. The Hall–Kier alpha value is -2.78. The van der Waals surface area contributed by atoms with E-state index in [0.717, 1.165) is 5.56 Å². The largest absolute Gasteiger partial charge is 0.508 e. The van der Waals surface area contributed by atoms with Crippen LogP contribution in [0.5, 0.6) is 5.75 Å².